The van der Waals surface area contributed by atoms with Gasteiger partial charge < -0.3 is 8.92 Å². The van der Waals surface area contributed by atoms with Crippen molar-refractivity contribution in [2.24, 2.45) is 0 Å². The molecule has 0 aromatic heterocycles. The van der Waals surface area contributed by atoms with Crippen LogP contribution in [0.5, 0.6) is 11.5 Å². The van der Waals surface area contributed by atoms with Gasteiger partial charge in [-0.2, -0.15) is 21.6 Å². The van der Waals surface area contributed by atoms with E-state index >= 15 is 0 Å². The van der Waals surface area contributed by atoms with Gasteiger partial charge in [-0.05, 0) is 41.5 Å². The van der Waals surface area contributed by atoms with Gasteiger partial charge in [-0.15, -0.1) is 0 Å². The van der Waals surface area contributed by atoms with Crippen molar-refractivity contribution in [3.05, 3.63) is 57.6 Å². The summed E-state index contributed by atoms with van der Waals surface area (Å²) in [6.07, 6.45) is 3.10. The third-order valence-corrected chi connectivity index (χ3v) is 4.38. The fourth-order valence-electron chi connectivity index (χ4n) is 1.87. The Bertz CT molecular complexity index is 968. The van der Waals surface area contributed by atoms with Gasteiger partial charge in [-0.3, -0.25) is 4.79 Å². The number of carbonyl (C=O) groups is 1. The van der Waals surface area contributed by atoms with Gasteiger partial charge in [0.05, 0.1) is 0 Å². The molecular formula is C16H9Cl2F3O5S. The molecule has 2 aromatic rings. The smallest absolute Gasteiger partial charge is 0.425 e. The van der Waals surface area contributed by atoms with E-state index in [1.165, 1.54) is 18.2 Å². The first-order valence-electron chi connectivity index (χ1n) is 6.91. The van der Waals surface area contributed by atoms with Gasteiger partial charge in [-0.1, -0.05) is 41.4 Å². The van der Waals surface area contributed by atoms with E-state index in [1.807, 2.05) is 0 Å². The topological polar surface area (TPSA) is 69.7 Å². The largest absolute Gasteiger partial charge is 0.534 e. The van der Waals surface area contributed by atoms with Crippen molar-refractivity contribution >= 4 is 51.9 Å². The predicted molar refractivity (Wildman–Crippen MR) is 94.1 cm³/mol. The van der Waals surface area contributed by atoms with E-state index in [0.717, 1.165) is 12.1 Å². The van der Waals surface area contributed by atoms with Gasteiger partial charge in [0.25, 0.3) is 6.47 Å². The number of carbonyl (C=O) groups excluding carboxylic acids is 1. The van der Waals surface area contributed by atoms with E-state index in [2.05, 4.69) is 8.92 Å². The molecule has 0 saturated heterocycles. The highest BCUT2D eigenvalue weighted by Crippen LogP contribution is 2.34. The summed E-state index contributed by atoms with van der Waals surface area (Å²) in [4.78, 5) is 10.6. The van der Waals surface area contributed by atoms with Crippen LogP contribution < -0.4 is 8.92 Å². The lowest BCUT2D eigenvalue weighted by Gasteiger charge is -2.12. The molecule has 0 unspecified atom stereocenters. The average molecular weight is 441 g/mol. The highest BCUT2D eigenvalue weighted by Gasteiger charge is 2.48. The van der Waals surface area contributed by atoms with E-state index < -0.39 is 27.1 Å². The minimum Gasteiger partial charge on any atom is -0.425 e. The number of ether oxygens (including phenoxy) is 1. The van der Waals surface area contributed by atoms with Crippen LogP contribution in [0.4, 0.5) is 13.2 Å². The monoisotopic (exact) mass is 440 g/mol. The second kappa shape index (κ2) is 8.20. The Morgan fingerprint density at radius 3 is 2.04 bits per heavy atom. The molecule has 0 atom stereocenters. The maximum atomic E-state index is 12.4. The van der Waals surface area contributed by atoms with Gasteiger partial charge in [-0.25, -0.2) is 0 Å². The Hall–Kier alpha value is -2.23. The molecule has 0 heterocycles. The Balaban J connectivity index is 2.34. The van der Waals surface area contributed by atoms with Gasteiger partial charge in [0, 0.05) is 10.0 Å². The number of halogens is 5. The molecule has 0 aliphatic rings. The van der Waals surface area contributed by atoms with Crippen LogP contribution in [0.2, 0.25) is 10.0 Å². The standard InChI is InChI=1S/C16H9Cl2F3O5S/c17-12-5-11(6-13(18)8-12)2-1-10-3-4-14(15(7-10)25-9-22)26-27(23,24)16(19,20)21/h1-9H/b2-1+. The van der Waals surface area contributed by atoms with Gasteiger partial charge in [0.1, 0.15) is 0 Å². The molecule has 144 valence electrons. The van der Waals surface area contributed by atoms with Crippen LogP contribution in [-0.4, -0.2) is 20.4 Å². The Labute approximate surface area is 162 Å². The summed E-state index contributed by atoms with van der Waals surface area (Å²) in [6, 6.07) is 8.07. The Kier molecular flexibility index (Phi) is 6.40. The quantitative estimate of drug-likeness (QED) is 0.275. The van der Waals surface area contributed by atoms with Crippen molar-refractivity contribution in [3.8, 4) is 11.5 Å². The molecule has 0 radical (unpaired) electrons. The Morgan fingerprint density at radius 1 is 0.889 bits per heavy atom. The number of benzene rings is 2. The molecule has 0 spiro atoms. The molecule has 0 amide bonds. The van der Waals surface area contributed by atoms with Crippen LogP contribution in [0.1, 0.15) is 11.1 Å². The van der Waals surface area contributed by atoms with Gasteiger partial charge in [0.2, 0.25) is 0 Å². The average Bonchev–Trinajstić information content (AvgIpc) is 2.53. The van der Waals surface area contributed by atoms with Crippen molar-refractivity contribution in [3.63, 3.8) is 0 Å². The molecule has 11 heteroatoms. The molecule has 0 aliphatic heterocycles. The molecule has 2 rings (SSSR count). The molecular weight excluding hydrogens is 432 g/mol. The van der Waals surface area contributed by atoms with Crippen molar-refractivity contribution in [1.82, 2.24) is 0 Å². The van der Waals surface area contributed by atoms with E-state index in [-0.39, 0.29) is 6.47 Å². The zero-order chi connectivity index (χ0) is 20.2. The first kappa shape index (κ1) is 21.1. The van der Waals surface area contributed by atoms with Crippen LogP contribution in [0, 0.1) is 0 Å². The summed E-state index contributed by atoms with van der Waals surface area (Å²) >= 11 is 11.7. The van der Waals surface area contributed by atoms with E-state index in [0.29, 0.717) is 21.2 Å². The maximum Gasteiger partial charge on any atom is 0.534 e. The van der Waals surface area contributed by atoms with E-state index in [1.54, 1.807) is 18.2 Å². The molecule has 0 bridgehead atoms. The summed E-state index contributed by atoms with van der Waals surface area (Å²) in [5.41, 5.74) is -4.62. The lowest BCUT2D eigenvalue weighted by molar-refractivity contribution is -0.120. The van der Waals surface area contributed by atoms with Crippen molar-refractivity contribution in [2.75, 3.05) is 0 Å². The second-order valence-corrected chi connectivity index (χ2v) is 7.35. The van der Waals surface area contributed by atoms with Crippen molar-refractivity contribution in [1.29, 1.82) is 0 Å². The summed E-state index contributed by atoms with van der Waals surface area (Å²) in [5, 5.41) is 0.793. The lowest BCUT2D eigenvalue weighted by atomic mass is 10.1. The highest BCUT2D eigenvalue weighted by molar-refractivity contribution is 7.88. The summed E-state index contributed by atoms with van der Waals surface area (Å²) in [7, 11) is -5.91. The van der Waals surface area contributed by atoms with E-state index in [9.17, 15) is 26.4 Å². The first-order valence-corrected chi connectivity index (χ1v) is 9.07. The number of hydrogen-bond acceptors (Lipinski definition) is 5. The van der Waals surface area contributed by atoms with Crippen molar-refractivity contribution in [2.45, 2.75) is 5.51 Å². The van der Waals surface area contributed by atoms with Crippen molar-refractivity contribution < 1.29 is 35.3 Å². The van der Waals surface area contributed by atoms with Gasteiger partial charge in [0.15, 0.2) is 11.5 Å². The molecule has 0 aliphatic carbocycles. The maximum absolute atomic E-state index is 12.4. The molecule has 0 saturated carbocycles. The second-order valence-electron chi connectivity index (χ2n) is 4.94. The van der Waals surface area contributed by atoms with Gasteiger partial charge >= 0.3 is 15.6 Å². The number of alkyl halides is 3. The summed E-state index contributed by atoms with van der Waals surface area (Å²) in [6.45, 7) is -0.0767. The molecule has 0 N–H and O–H groups in total. The van der Waals surface area contributed by atoms with Crippen LogP contribution >= 0.6 is 23.2 Å². The first-order chi connectivity index (χ1) is 12.5. The summed E-state index contributed by atoms with van der Waals surface area (Å²) in [5.74, 6) is -1.30. The van der Waals surface area contributed by atoms with E-state index in [4.69, 9.17) is 23.2 Å². The normalized spacial score (nSPS) is 12.2. The molecule has 27 heavy (non-hydrogen) atoms. The third-order valence-electron chi connectivity index (χ3n) is 2.98. The zero-order valence-electron chi connectivity index (χ0n) is 13.0. The SMILES string of the molecule is O=COc1cc(/C=C/c2cc(Cl)cc(Cl)c2)ccc1OS(=O)(=O)C(F)(F)F. The zero-order valence-corrected chi connectivity index (χ0v) is 15.4. The summed E-state index contributed by atoms with van der Waals surface area (Å²) < 4.78 is 68.0. The fraction of sp³-hybridized carbons (Fsp3) is 0.0625. The number of rotatable bonds is 6. The minimum atomic E-state index is -5.91. The fourth-order valence-corrected chi connectivity index (χ4v) is 2.88. The highest BCUT2D eigenvalue weighted by atomic mass is 35.5. The third kappa shape index (κ3) is 5.62. The van der Waals surface area contributed by atoms with Crippen LogP contribution in [-0.2, 0) is 14.9 Å². The molecule has 5 nitrogen and oxygen atoms in total. The number of hydrogen-bond donors (Lipinski definition) is 0. The Morgan fingerprint density at radius 2 is 1.48 bits per heavy atom. The van der Waals surface area contributed by atoms with Crippen LogP contribution in [0.25, 0.3) is 12.2 Å². The predicted octanol–water partition coefficient (Wildman–Crippen LogP) is 4.93. The minimum absolute atomic E-state index is 0.0767. The molecule has 2 aromatic carbocycles. The lowest BCUT2D eigenvalue weighted by Crippen LogP contribution is -2.28. The molecule has 0 fully saturated rings. The van der Waals surface area contributed by atoms with Crippen LogP contribution in [0.15, 0.2) is 36.4 Å². The van der Waals surface area contributed by atoms with Crippen LogP contribution in [0.3, 0.4) is 0 Å².